The number of nitrogens with zero attached hydrogens (tertiary/aromatic N) is 5. The maximum atomic E-state index is 12.8. The summed E-state index contributed by atoms with van der Waals surface area (Å²) >= 11 is 0. The second-order valence-corrected chi connectivity index (χ2v) is 11.0. The standard InChI is InChI=1S/C17H17N3O6.C15H17N5O2/c1-2-26-8-13(22)18-10-5-3-4-9-14(10)17(25)20(16(9)24)11-6-7-12(21)19-15(11)23;16-15-13(20-7-5-19(10-21)6-8-20)9-12(17-18-15)11-3-1-2-4-14(11)22/h3-5,11H,2,6-8H2,1H3,(H,18,22)(H,19,21,23);1-4,9-10,22H,5-8H2,(H2,16,18). The van der Waals surface area contributed by atoms with Gasteiger partial charge in [0.25, 0.3) is 11.8 Å². The second-order valence-electron chi connectivity index (χ2n) is 11.0. The predicted octanol–water partition coefficient (Wildman–Crippen LogP) is 0.773. The van der Waals surface area contributed by atoms with Crippen LogP contribution < -0.4 is 21.3 Å². The fraction of sp³-hybridized carbons (Fsp3) is 0.312. The van der Waals surface area contributed by atoms with Gasteiger partial charge in [-0.05, 0) is 43.7 Å². The van der Waals surface area contributed by atoms with Crippen molar-refractivity contribution in [2.24, 2.45) is 0 Å². The van der Waals surface area contributed by atoms with Gasteiger partial charge in [-0.2, -0.15) is 0 Å². The minimum atomic E-state index is -1.05. The summed E-state index contributed by atoms with van der Waals surface area (Å²) in [5.74, 6) is -2.38. The molecule has 4 heterocycles. The topological polar surface area (TPSA) is 217 Å². The molecule has 0 aliphatic carbocycles. The van der Waals surface area contributed by atoms with Gasteiger partial charge in [-0.15, -0.1) is 10.2 Å². The lowest BCUT2D eigenvalue weighted by atomic mass is 10.0. The Morgan fingerprint density at radius 3 is 2.46 bits per heavy atom. The molecule has 2 aromatic carbocycles. The van der Waals surface area contributed by atoms with E-state index in [-0.39, 0.29) is 42.0 Å². The van der Waals surface area contributed by atoms with Gasteiger partial charge < -0.3 is 30.7 Å². The SMILES string of the molecule is CCOCC(=O)Nc1cccc2c1C(=O)N(C1CCC(=O)NC1=O)C2=O.Nc1nnc(-c2ccccc2O)cc1N1CCN(C=O)CC1. The number of piperidine rings is 1. The van der Waals surface area contributed by atoms with Crippen LogP contribution in [0.3, 0.4) is 0 Å². The molecule has 3 aliphatic heterocycles. The highest BCUT2D eigenvalue weighted by atomic mass is 16.5. The Morgan fingerprint density at radius 1 is 1.04 bits per heavy atom. The largest absolute Gasteiger partial charge is 0.507 e. The molecular formula is C32H34N8O8. The van der Waals surface area contributed by atoms with Crippen molar-refractivity contribution in [1.82, 2.24) is 25.3 Å². The summed E-state index contributed by atoms with van der Waals surface area (Å²) in [6, 6.07) is 12.2. The van der Waals surface area contributed by atoms with Gasteiger partial charge in [-0.1, -0.05) is 18.2 Å². The maximum Gasteiger partial charge on any atom is 0.264 e. The lowest BCUT2D eigenvalue weighted by Crippen LogP contribution is -2.54. The number of nitrogens with one attached hydrogen (secondary N) is 2. The molecule has 48 heavy (non-hydrogen) atoms. The summed E-state index contributed by atoms with van der Waals surface area (Å²) in [6.45, 7) is 4.60. The van der Waals surface area contributed by atoms with Crippen LogP contribution in [0.15, 0.2) is 48.5 Å². The number of ether oxygens (including phenoxy) is 1. The van der Waals surface area contributed by atoms with Gasteiger partial charge in [0.15, 0.2) is 5.82 Å². The molecule has 6 amide bonds. The van der Waals surface area contributed by atoms with Gasteiger partial charge in [-0.3, -0.25) is 39.0 Å². The van der Waals surface area contributed by atoms with Gasteiger partial charge in [0, 0.05) is 44.8 Å². The monoisotopic (exact) mass is 658 g/mol. The van der Waals surface area contributed by atoms with Crippen molar-refractivity contribution < 1.29 is 38.6 Å². The van der Waals surface area contributed by atoms with Gasteiger partial charge in [0.05, 0.1) is 28.2 Å². The minimum Gasteiger partial charge on any atom is -0.507 e. The number of hydrogen-bond donors (Lipinski definition) is 4. The molecule has 3 aromatic rings. The molecule has 1 unspecified atom stereocenters. The number of nitrogens with two attached hydrogens (primary N) is 1. The van der Waals surface area contributed by atoms with Gasteiger partial charge in [0.2, 0.25) is 24.1 Å². The number of rotatable bonds is 8. The first-order valence-corrected chi connectivity index (χ1v) is 15.2. The number of nitrogen functional groups attached to an aromatic ring is 1. The number of aromatic nitrogens is 2. The number of fused-ring (bicyclic) bond motifs is 1. The number of carbonyl (C=O) groups is 6. The molecule has 0 saturated carbocycles. The van der Waals surface area contributed by atoms with E-state index in [2.05, 4.69) is 25.7 Å². The Morgan fingerprint density at radius 2 is 1.77 bits per heavy atom. The van der Waals surface area contributed by atoms with Crippen molar-refractivity contribution in [3.63, 3.8) is 0 Å². The number of aromatic hydroxyl groups is 1. The third-order valence-corrected chi connectivity index (χ3v) is 7.96. The van der Waals surface area contributed by atoms with E-state index in [0.29, 0.717) is 49.9 Å². The molecule has 0 radical (unpaired) electrons. The summed E-state index contributed by atoms with van der Waals surface area (Å²) in [5, 5.41) is 22.7. The fourth-order valence-corrected chi connectivity index (χ4v) is 5.53. The first-order valence-electron chi connectivity index (χ1n) is 15.2. The van der Waals surface area contributed by atoms with Crippen molar-refractivity contribution >= 4 is 53.1 Å². The number of para-hydroxylation sites is 1. The Hall–Kier alpha value is -5.90. The van der Waals surface area contributed by atoms with Gasteiger partial charge >= 0.3 is 0 Å². The molecule has 2 saturated heterocycles. The summed E-state index contributed by atoms with van der Waals surface area (Å²) < 4.78 is 5.02. The molecule has 16 nitrogen and oxygen atoms in total. The molecule has 2 fully saturated rings. The minimum absolute atomic E-state index is 0.0343. The fourth-order valence-electron chi connectivity index (χ4n) is 5.53. The van der Waals surface area contributed by atoms with Crippen LogP contribution in [-0.2, 0) is 23.9 Å². The van der Waals surface area contributed by atoms with Crippen LogP contribution in [0.25, 0.3) is 11.3 Å². The zero-order valence-corrected chi connectivity index (χ0v) is 26.0. The lowest BCUT2D eigenvalue weighted by Gasteiger charge is -2.34. The number of amides is 6. The van der Waals surface area contributed by atoms with Crippen LogP contribution in [-0.4, -0.2) is 106 Å². The zero-order chi connectivity index (χ0) is 34.4. The molecule has 1 aromatic heterocycles. The molecule has 0 spiro atoms. The van der Waals surface area contributed by atoms with E-state index in [4.69, 9.17) is 10.5 Å². The number of phenols is 1. The molecular weight excluding hydrogens is 624 g/mol. The lowest BCUT2D eigenvalue weighted by molar-refractivity contribution is -0.136. The van der Waals surface area contributed by atoms with E-state index < -0.39 is 35.6 Å². The number of imide groups is 2. The van der Waals surface area contributed by atoms with Crippen LogP contribution >= 0.6 is 0 Å². The van der Waals surface area contributed by atoms with Crippen LogP contribution in [0.4, 0.5) is 17.2 Å². The van der Waals surface area contributed by atoms with Crippen molar-refractivity contribution in [3.8, 4) is 17.0 Å². The van der Waals surface area contributed by atoms with Crippen molar-refractivity contribution in [2.75, 3.05) is 55.3 Å². The molecule has 3 aliphatic rings. The van der Waals surface area contributed by atoms with Crippen molar-refractivity contribution in [1.29, 1.82) is 0 Å². The summed E-state index contributed by atoms with van der Waals surface area (Å²) in [5.41, 5.74) is 8.22. The highest BCUT2D eigenvalue weighted by molar-refractivity contribution is 6.26. The maximum absolute atomic E-state index is 12.8. The van der Waals surface area contributed by atoms with Crippen LogP contribution in [0.5, 0.6) is 5.75 Å². The van der Waals surface area contributed by atoms with E-state index in [1.807, 2.05) is 12.1 Å². The van der Waals surface area contributed by atoms with Crippen LogP contribution in [0, 0.1) is 0 Å². The van der Waals surface area contributed by atoms with Crippen molar-refractivity contribution in [3.05, 3.63) is 59.7 Å². The van der Waals surface area contributed by atoms with E-state index in [1.54, 1.807) is 30.0 Å². The molecule has 250 valence electrons. The zero-order valence-electron chi connectivity index (χ0n) is 26.0. The second kappa shape index (κ2) is 14.7. The highest BCUT2D eigenvalue weighted by Gasteiger charge is 2.45. The average Bonchev–Trinajstić information content (AvgIpc) is 3.34. The van der Waals surface area contributed by atoms with E-state index in [9.17, 15) is 33.9 Å². The number of carbonyl (C=O) groups excluding carboxylic acids is 6. The quantitative estimate of drug-likeness (QED) is 0.195. The Balaban J connectivity index is 0.000000190. The molecule has 16 heteroatoms. The van der Waals surface area contributed by atoms with Gasteiger partial charge in [0.1, 0.15) is 18.4 Å². The van der Waals surface area contributed by atoms with E-state index in [0.717, 1.165) is 17.0 Å². The molecule has 0 bridgehead atoms. The summed E-state index contributed by atoms with van der Waals surface area (Å²) in [7, 11) is 0. The number of anilines is 3. The molecule has 1 atom stereocenters. The van der Waals surface area contributed by atoms with Crippen molar-refractivity contribution in [2.45, 2.75) is 25.8 Å². The number of benzene rings is 2. The Labute approximate surface area is 274 Å². The Bertz CT molecular complexity index is 1760. The summed E-state index contributed by atoms with van der Waals surface area (Å²) in [4.78, 5) is 76.1. The van der Waals surface area contributed by atoms with Crippen LogP contribution in [0.1, 0.15) is 40.5 Å². The third kappa shape index (κ3) is 7.07. The van der Waals surface area contributed by atoms with E-state index in [1.165, 1.54) is 18.2 Å². The first kappa shape index (κ1) is 33.5. The van der Waals surface area contributed by atoms with Crippen LogP contribution in [0.2, 0.25) is 0 Å². The number of piperazine rings is 1. The number of hydrogen-bond acceptors (Lipinski definition) is 12. The average molecular weight is 659 g/mol. The number of phenolic OH excluding ortho intramolecular Hbond substituents is 1. The smallest absolute Gasteiger partial charge is 0.264 e. The highest BCUT2D eigenvalue weighted by Crippen LogP contribution is 2.33. The predicted molar refractivity (Wildman–Crippen MR) is 172 cm³/mol. The Kier molecular flexibility index (Phi) is 10.2. The van der Waals surface area contributed by atoms with E-state index >= 15 is 0 Å². The first-order chi connectivity index (χ1) is 23.1. The normalized spacial score (nSPS) is 17.4. The molecule has 6 rings (SSSR count). The van der Waals surface area contributed by atoms with Gasteiger partial charge in [-0.25, -0.2) is 0 Å². The summed E-state index contributed by atoms with van der Waals surface area (Å²) in [6.07, 6.45) is 0.975. The molecule has 5 N–H and O–H groups in total. The third-order valence-electron chi connectivity index (χ3n) is 7.96.